The zero-order chi connectivity index (χ0) is 17.7. The summed E-state index contributed by atoms with van der Waals surface area (Å²) in [5, 5.41) is 5.67. The summed E-state index contributed by atoms with van der Waals surface area (Å²) >= 11 is 3.17. The van der Waals surface area contributed by atoms with Crippen molar-refractivity contribution in [1.29, 1.82) is 0 Å². The molecule has 0 radical (unpaired) electrons. The number of halogens is 3. The zero-order valence-corrected chi connectivity index (χ0v) is 15.0. The van der Waals surface area contributed by atoms with Crippen LogP contribution in [-0.4, -0.2) is 12.5 Å². The van der Waals surface area contributed by atoms with Crippen LogP contribution in [0, 0.1) is 17.6 Å². The normalized spacial score (nSPS) is 12.2. The lowest BCUT2D eigenvalue weighted by atomic mass is 9.96. The first-order valence-corrected chi connectivity index (χ1v) is 8.40. The second-order valence-corrected chi connectivity index (χ2v) is 6.74. The molecular formula is C18H19BrF2N2O. The van der Waals surface area contributed by atoms with Crippen molar-refractivity contribution in [2.24, 2.45) is 5.92 Å². The molecule has 0 aliphatic heterocycles. The van der Waals surface area contributed by atoms with Crippen LogP contribution in [0.4, 0.5) is 14.5 Å². The van der Waals surface area contributed by atoms with E-state index in [1.165, 1.54) is 24.3 Å². The van der Waals surface area contributed by atoms with Crippen molar-refractivity contribution in [2.45, 2.75) is 19.9 Å². The van der Waals surface area contributed by atoms with E-state index < -0.39 is 5.82 Å². The van der Waals surface area contributed by atoms with Crippen molar-refractivity contribution in [3.8, 4) is 0 Å². The number of amides is 1. The Morgan fingerprint density at radius 2 is 1.79 bits per heavy atom. The lowest BCUT2D eigenvalue weighted by molar-refractivity contribution is -0.115. The second kappa shape index (κ2) is 8.35. The van der Waals surface area contributed by atoms with Crippen LogP contribution in [0.15, 0.2) is 46.9 Å². The van der Waals surface area contributed by atoms with E-state index in [0.717, 1.165) is 5.56 Å². The Hall–Kier alpha value is -1.79. The van der Waals surface area contributed by atoms with Crippen LogP contribution in [0.5, 0.6) is 0 Å². The van der Waals surface area contributed by atoms with Crippen LogP contribution in [0.3, 0.4) is 0 Å². The van der Waals surface area contributed by atoms with Gasteiger partial charge in [-0.3, -0.25) is 4.79 Å². The molecule has 2 aromatic carbocycles. The zero-order valence-electron chi connectivity index (χ0n) is 13.4. The van der Waals surface area contributed by atoms with Gasteiger partial charge in [-0.05, 0) is 41.8 Å². The summed E-state index contributed by atoms with van der Waals surface area (Å²) < 4.78 is 27.4. The largest absolute Gasteiger partial charge is 0.322 e. The summed E-state index contributed by atoms with van der Waals surface area (Å²) in [6.45, 7) is 4.04. The molecule has 0 unspecified atom stereocenters. The first kappa shape index (κ1) is 18.5. The third-order valence-corrected chi connectivity index (χ3v) is 4.08. The van der Waals surface area contributed by atoms with Crippen molar-refractivity contribution in [2.75, 3.05) is 11.9 Å². The predicted molar refractivity (Wildman–Crippen MR) is 94.7 cm³/mol. The van der Waals surface area contributed by atoms with Crippen molar-refractivity contribution in [3.63, 3.8) is 0 Å². The molecule has 0 saturated carbocycles. The Kier molecular flexibility index (Phi) is 6.45. The molecule has 0 fully saturated rings. The summed E-state index contributed by atoms with van der Waals surface area (Å²) in [6.07, 6.45) is 0. The molecule has 0 heterocycles. The molecule has 1 atom stereocenters. The molecule has 0 bridgehead atoms. The maximum atomic E-state index is 13.7. The van der Waals surface area contributed by atoms with Gasteiger partial charge in [0.1, 0.15) is 11.6 Å². The lowest BCUT2D eigenvalue weighted by Gasteiger charge is -2.23. The molecule has 128 valence electrons. The van der Waals surface area contributed by atoms with Crippen molar-refractivity contribution >= 4 is 27.5 Å². The first-order chi connectivity index (χ1) is 11.4. The summed E-state index contributed by atoms with van der Waals surface area (Å²) in [6, 6.07) is 10.5. The highest BCUT2D eigenvalue weighted by molar-refractivity contribution is 9.10. The number of anilines is 1. The van der Waals surface area contributed by atoms with Crippen LogP contribution >= 0.6 is 15.9 Å². The van der Waals surface area contributed by atoms with Crippen molar-refractivity contribution in [1.82, 2.24) is 5.32 Å². The highest BCUT2D eigenvalue weighted by Crippen LogP contribution is 2.22. The summed E-state index contributed by atoms with van der Waals surface area (Å²) in [5.74, 6) is -0.946. The molecule has 2 rings (SSSR count). The van der Waals surface area contributed by atoms with E-state index in [2.05, 4.69) is 26.6 Å². The average molecular weight is 397 g/mol. The van der Waals surface area contributed by atoms with Gasteiger partial charge in [0.05, 0.1) is 12.2 Å². The van der Waals surface area contributed by atoms with Crippen molar-refractivity contribution < 1.29 is 13.6 Å². The smallest absolute Gasteiger partial charge is 0.238 e. The van der Waals surface area contributed by atoms with Crippen molar-refractivity contribution in [3.05, 3.63) is 64.1 Å². The molecule has 1 amide bonds. The monoisotopic (exact) mass is 396 g/mol. The van der Waals surface area contributed by atoms with E-state index in [4.69, 9.17) is 0 Å². The van der Waals surface area contributed by atoms with Crippen LogP contribution in [0.1, 0.15) is 25.5 Å². The van der Waals surface area contributed by atoms with Crippen LogP contribution in [0.2, 0.25) is 0 Å². The highest BCUT2D eigenvalue weighted by atomic mass is 79.9. The summed E-state index contributed by atoms with van der Waals surface area (Å²) in [5.41, 5.74) is 1.03. The summed E-state index contributed by atoms with van der Waals surface area (Å²) in [4.78, 5) is 12.1. The van der Waals surface area contributed by atoms with Gasteiger partial charge in [0.15, 0.2) is 0 Å². The Morgan fingerprint density at radius 3 is 2.38 bits per heavy atom. The van der Waals surface area contributed by atoms with Gasteiger partial charge in [-0.2, -0.15) is 0 Å². The number of hydrogen-bond donors (Lipinski definition) is 2. The van der Waals surface area contributed by atoms with Gasteiger partial charge in [0.25, 0.3) is 0 Å². The van der Waals surface area contributed by atoms with Gasteiger partial charge < -0.3 is 10.6 Å². The van der Waals surface area contributed by atoms with E-state index in [9.17, 15) is 13.6 Å². The molecule has 6 heteroatoms. The molecule has 0 aliphatic rings. The summed E-state index contributed by atoms with van der Waals surface area (Å²) in [7, 11) is 0. The van der Waals surface area contributed by atoms with Gasteiger partial charge in [-0.25, -0.2) is 8.78 Å². The van der Waals surface area contributed by atoms with Crippen LogP contribution in [-0.2, 0) is 4.79 Å². The van der Waals surface area contributed by atoms with E-state index in [-0.39, 0.29) is 35.9 Å². The van der Waals surface area contributed by atoms with Gasteiger partial charge in [0, 0.05) is 10.5 Å². The van der Waals surface area contributed by atoms with Crippen LogP contribution in [0.25, 0.3) is 0 Å². The minimum absolute atomic E-state index is 0.0235. The molecule has 0 spiro atoms. The van der Waals surface area contributed by atoms with Gasteiger partial charge in [-0.15, -0.1) is 0 Å². The van der Waals surface area contributed by atoms with Gasteiger partial charge >= 0.3 is 0 Å². The quantitative estimate of drug-likeness (QED) is 0.745. The Bertz CT molecular complexity index is 705. The minimum atomic E-state index is -0.503. The lowest BCUT2D eigenvalue weighted by Crippen LogP contribution is -2.33. The number of rotatable bonds is 6. The van der Waals surface area contributed by atoms with E-state index in [0.29, 0.717) is 4.47 Å². The molecule has 0 aliphatic carbocycles. The van der Waals surface area contributed by atoms with Gasteiger partial charge in [0.2, 0.25) is 5.91 Å². The fourth-order valence-corrected chi connectivity index (χ4v) is 2.73. The Morgan fingerprint density at radius 1 is 1.12 bits per heavy atom. The molecule has 3 nitrogen and oxygen atoms in total. The second-order valence-electron chi connectivity index (χ2n) is 5.83. The Labute approximate surface area is 148 Å². The Balaban J connectivity index is 1.98. The number of nitrogens with one attached hydrogen (secondary N) is 2. The first-order valence-electron chi connectivity index (χ1n) is 7.60. The number of hydrogen-bond acceptors (Lipinski definition) is 2. The average Bonchev–Trinajstić information content (AvgIpc) is 2.52. The third kappa shape index (κ3) is 5.11. The standard InChI is InChI=1S/C18H19BrF2N2O/c1-11(2)18(12-3-6-14(20)7-4-12)22-10-17(24)23-16-8-5-13(19)9-15(16)21/h3-9,11,18,22H,10H2,1-2H3,(H,23,24)/t18-/m0/s1. The molecule has 0 saturated heterocycles. The molecule has 2 aromatic rings. The minimum Gasteiger partial charge on any atom is -0.322 e. The number of benzene rings is 2. The fraction of sp³-hybridized carbons (Fsp3) is 0.278. The number of carbonyl (C=O) groups excluding carboxylic acids is 1. The van der Waals surface area contributed by atoms with E-state index >= 15 is 0 Å². The van der Waals surface area contributed by atoms with E-state index in [1.807, 2.05) is 13.8 Å². The molecular weight excluding hydrogens is 378 g/mol. The SMILES string of the molecule is CC(C)[C@H](NCC(=O)Nc1ccc(Br)cc1F)c1ccc(F)cc1. The maximum absolute atomic E-state index is 13.7. The van der Waals surface area contributed by atoms with E-state index in [1.54, 1.807) is 18.2 Å². The number of carbonyl (C=O) groups is 1. The third-order valence-electron chi connectivity index (χ3n) is 3.58. The highest BCUT2D eigenvalue weighted by Gasteiger charge is 2.17. The molecule has 0 aromatic heterocycles. The predicted octanol–water partition coefficient (Wildman–Crippen LogP) is 4.65. The maximum Gasteiger partial charge on any atom is 0.238 e. The van der Waals surface area contributed by atoms with Gasteiger partial charge in [-0.1, -0.05) is 41.9 Å². The van der Waals surface area contributed by atoms with Crippen LogP contribution < -0.4 is 10.6 Å². The molecule has 24 heavy (non-hydrogen) atoms. The topological polar surface area (TPSA) is 41.1 Å². The fourth-order valence-electron chi connectivity index (χ4n) is 2.40. The molecule has 2 N–H and O–H groups in total.